The Morgan fingerprint density at radius 1 is 1.21 bits per heavy atom. The number of hydrogen-bond acceptors (Lipinski definition) is 2. The van der Waals surface area contributed by atoms with E-state index in [0.717, 1.165) is 0 Å². The van der Waals surface area contributed by atoms with Crippen LogP contribution < -0.4 is 0 Å². The Morgan fingerprint density at radius 3 is 2.57 bits per heavy atom. The van der Waals surface area contributed by atoms with Crippen molar-refractivity contribution in [2.24, 2.45) is 17.3 Å². The summed E-state index contributed by atoms with van der Waals surface area (Å²) in [6, 6.07) is 0. The van der Waals surface area contributed by atoms with Crippen LogP contribution >= 0.6 is 0 Å². The molecular weight excluding hydrogens is 175 g/mol. The van der Waals surface area contributed by atoms with Crippen LogP contribution in [-0.4, -0.2) is 18.8 Å². The van der Waals surface area contributed by atoms with E-state index < -0.39 is 0 Å². The number of fused-ring (bicyclic) bond motifs is 5. The monoisotopic (exact) mass is 194 g/mol. The molecule has 0 radical (unpaired) electrons. The van der Waals surface area contributed by atoms with Crippen LogP contribution in [0.2, 0.25) is 6.82 Å². The van der Waals surface area contributed by atoms with Gasteiger partial charge in [0.2, 0.25) is 0 Å². The quantitative estimate of drug-likeness (QED) is 0.551. The predicted octanol–water partition coefficient (Wildman–Crippen LogP) is 2.34. The maximum absolute atomic E-state index is 6.02. The van der Waals surface area contributed by atoms with Crippen LogP contribution in [0.5, 0.6) is 0 Å². The molecule has 3 heteroatoms. The Balaban J connectivity index is 2.03. The highest BCUT2D eigenvalue weighted by atomic mass is 16.7. The van der Waals surface area contributed by atoms with Crippen LogP contribution in [0.3, 0.4) is 0 Å². The molecule has 2 bridgehead atoms. The van der Waals surface area contributed by atoms with Gasteiger partial charge in [-0.1, -0.05) is 13.8 Å². The van der Waals surface area contributed by atoms with Gasteiger partial charge in [-0.2, -0.15) is 0 Å². The molecule has 0 aromatic rings. The fraction of sp³-hybridized carbons (Fsp3) is 1.00. The van der Waals surface area contributed by atoms with Crippen molar-refractivity contribution in [3.8, 4) is 0 Å². The van der Waals surface area contributed by atoms with Gasteiger partial charge in [0.25, 0.3) is 0 Å². The zero-order chi connectivity index (χ0) is 10.1. The molecule has 2 nitrogen and oxygen atoms in total. The van der Waals surface area contributed by atoms with E-state index in [1.165, 1.54) is 12.8 Å². The average molecular weight is 194 g/mol. The molecule has 0 spiro atoms. The van der Waals surface area contributed by atoms with Crippen molar-refractivity contribution in [1.29, 1.82) is 0 Å². The minimum Gasteiger partial charge on any atom is -0.405 e. The highest BCUT2D eigenvalue weighted by Gasteiger charge is 2.69. The van der Waals surface area contributed by atoms with Crippen molar-refractivity contribution in [1.82, 2.24) is 0 Å². The maximum Gasteiger partial charge on any atom is 0.454 e. The Hall–Kier alpha value is -0.0151. The molecule has 14 heavy (non-hydrogen) atoms. The summed E-state index contributed by atoms with van der Waals surface area (Å²) in [6.07, 6.45) is 3.00. The third-order valence-electron chi connectivity index (χ3n) is 5.00. The van der Waals surface area contributed by atoms with Crippen LogP contribution in [0.25, 0.3) is 0 Å². The molecule has 78 valence electrons. The number of hydrogen-bond donors (Lipinski definition) is 0. The van der Waals surface area contributed by atoms with Gasteiger partial charge in [0, 0.05) is 0 Å². The van der Waals surface area contributed by atoms with Gasteiger partial charge < -0.3 is 9.31 Å². The topological polar surface area (TPSA) is 18.5 Å². The first-order chi connectivity index (χ1) is 6.46. The van der Waals surface area contributed by atoms with Crippen molar-refractivity contribution < 1.29 is 9.31 Å². The molecule has 1 aliphatic heterocycles. The lowest BCUT2D eigenvalue weighted by atomic mass is 9.78. The Bertz CT molecular complexity index is 278. The normalized spacial score (nSPS) is 54.0. The zero-order valence-corrected chi connectivity index (χ0v) is 9.54. The van der Waals surface area contributed by atoms with Crippen molar-refractivity contribution in [3.63, 3.8) is 0 Å². The van der Waals surface area contributed by atoms with Gasteiger partial charge in [-0.25, -0.2) is 0 Å². The first-order valence-corrected chi connectivity index (χ1v) is 5.79. The van der Waals surface area contributed by atoms with E-state index in [4.69, 9.17) is 9.31 Å². The second-order valence-corrected chi connectivity index (χ2v) is 5.98. The van der Waals surface area contributed by atoms with E-state index >= 15 is 0 Å². The van der Waals surface area contributed by atoms with Gasteiger partial charge in [0.1, 0.15) is 0 Å². The summed E-state index contributed by atoms with van der Waals surface area (Å²) in [7, 11) is 0.00389. The minimum absolute atomic E-state index is 0.00389. The minimum atomic E-state index is 0.00389. The van der Waals surface area contributed by atoms with Gasteiger partial charge in [-0.05, 0) is 43.8 Å². The van der Waals surface area contributed by atoms with E-state index in [2.05, 4.69) is 20.8 Å². The summed E-state index contributed by atoms with van der Waals surface area (Å²) in [6.45, 7) is 9.05. The lowest BCUT2D eigenvalue weighted by Gasteiger charge is -2.35. The summed E-state index contributed by atoms with van der Waals surface area (Å²) < 4.78 is 12.0. The van der Waals surface area contributed by atoms with E-state index in [-0.39, 0.29) is 12.7 Å². The van der Waals surface area contributed by atoms with Gasteiger partial charge in [0.15, 0.2) is 0 Å². The second-order valence-electron chi connectivity index (χ2n) is 5.98. The lowest BCUT2D eigenvalue weighted by molar-refractivity contribution is 0.00339. The molecule has 3 rings (SSSR count). The number of rotatable bonds is 0. The van der Waals surface area contributed by atoms with E-state index in [9.17, 15) is 0 Å². The molecule has 2 saturated carbocycles. The molecule has 3 fully saturated rings. The van der Waals surface area contributed by atoms with Crippen molar-refractivity contribution in [2.45, 2.75) is 52.1 Å². The molecule has 3 aliphatic rings. The van der Waals surface area contributed by atoms with Crippen LogP contribution in [0.4, 0.5) is 0 Å². The first kappa shape index (κ1) is 9.23. The Morgan fingerprint density at radius 2 is 1.93 bits per heavy atom. The fourth-order valence-electron chi connectivity index (χ4n) is 4.48. The SMILES string of the molecule is CB1OC2C3CCC(C3(C)C)C2(C)O1. The van der Waals surface area contributed by atoms with E-state index in [0.29, 0.717) is 23.4 Å². The van der Waals surface area contributed by atoms with Crippen molar-refractivity contribution >= 4 is 7.12 Å². The second kappa shape index (κ2) is 2.38. The van der Waals surface area contributed by atoms with Gasteiger partial charge in [-0.3, -0.25) is 0 Å². The summed E-state index contributed by atoms with van der Waals surface area (Å²) in [5.41, 5.74) is 0.422. The summed E-state index contributed by atoms with van der Waals surface area (Å²) in [5, 5.41) is 0. The lowest BCUT2D eigenvalue weighted by Crippen LogP contribution is -2.42. The predicted molar refractivity (Wildman–Crippen MR) is 56.0 cm³/mol. The highest BCUT2D eigenvalue weighted by Crippen LogP contribution is 2.65. The molecule has 1 saturated heterocycles. The third kappa shape index (κ3) is 0.820. The van der Waals surface area contributed by atoms with Crippen LogP contribution in [0, 0.1) is 17.3 Å². The zero-order valence-electron chi connectivity index (χ0n) is 9.54. The first-order valence-electron chi connectivity index (χ1n) is 5.79. The third-order valence-corrected chi connectivity index (χ3v) is 5.00. The summed E-state index contributed by atoms with van der Waals surface area (Å²) in [4.78, 5) is 0. The molecule has 0 aromatic heterocycles. The Kier molecular flexibility index (Phi) is 1.57. The van der Waals surface area contributed by atoms with Gasteiger partial charge in [-0.15, -0.1) is 0 Å². The fourth-order valence-corrected chi connectivity index (χ4v) is 4.48. The smallest absolute Gasteiger partial charge is 0.405 e. The molecule has 0 aromatic carbocycles. The summed E-state index contributed by atoms with van der Waals surface area (Å²) >= 11 is 0. The van der Waals surface area contributed by atoms with Gasteiger partial charge in [0.05, 0.1) is 11.7 Å². The standard InChI is InChI=1S/C11H19BO2/c1-10(2)7-5-6-8(10)11(3)9(7)13-12(4)14-11/h7-9H,5-6H2,1-4H3. The molecule has 1 heterocycles. The van der Waals surface area contributed by atoms with E-state index in [1.54, 1.807) is 0 Å². The Labute approximate surface area is 86.5 Å². The molecule has 0 N–H and O–H groups in total. The van der Waals surface area contributed by atoms with Crippen LogP contribution in [-0.2, 0) is 9.31 Å². The van der Waals surface area contributed by atoms with Crippen LogP contribution in [0.1, 0.15) is 33.6 Å². The molecule has 2 aliphatic carbocycles. The van der Waals surface area contributed by atoms with Crippen molar-refractivity contribution in [3.05, 3.63) is 0 Å². The van der Waals surface area contributed by atoms with Crippen LogP contribution in [0.15, 0.2) is 0 Å². The maximum atomic E-state index is 6.02. The van der Waals surface area contributed by atoms with Crippen molar-refractivity contribution in [2.75, 3.05) is 0 Å². The van der Waals surface area contributed by atoms with Gasteiger partial charge >= 0.3 is 7.12 Å². The molecule has 4 atom stereocenters. The molecule has 4 unspecified atom stereocenters. The summed E-state index contributed by atoms with van der Waals surface area (Å²) in [5.74, 6) is 1.40. The molecular formula is C11H19BO2. The largest absolute Gasteiger partial charge is 0.454 e. The molecule has 0 amide bonds. The van der Waals surface area contributed by atoms with E-state index in [1.807, 2.05) is 6.82 Å². The average Bonchev–Trinajstić information content (AvgIpc) is 2.54. The highest BCUT2D eigenvalue weighted by molar-refractivity contribution is 6.43.